The van der Waals surface area contributed by atoms with Crippen molar-refractivity contribution in [1.82, 2.24) is 24.7 Å². The molecule has 42 heavy (non-hydrogen) atoms. The second kappa shape index (κ2) is 21.1. The Labute approximate surface area is 253 Å². The average Bonchev–Trinajstić information content (AvgIpc) is 3.51. The Hall–Kier alpha value is -2.62. The summed E-state index contributed by atoms with van der Waals surface area (Å²) in [5, 5.41) is 2.96. The van der Waals surface area contributed by atoms with Crippen molar-refractivity contribution in [3.8, 4) is 0 Å². The molecule has 1 saturated heterocycles. The number of nitrogens with zero attached hydrogens (tertiary/aromatic N) is 4. The number of aryl methyl sites for hydroxylation is 1. The first kappa shape index (κ1) is 35.6. The van der Waals surface area contributed by atoms with Crippen LogP contribution in [0.4, 0.5) is 9.59 Å². The van der Waals surface area contributed by atoms with Gasteiger partial charge in [0.1, 0.15) is 12.4 Å². The molecule has 0 radical (unpaired) electrons. The summed E-state index contributed by atoms with van der Waals surface area (Å²) in [4.78, 5) is 44.5. The highest BCUT2D eigenvalue weighted by molar-refractivity contribution is 6.01. The lowest BCUT2D eigenvalue weighted by Gasteiger charge is -2.24. The van der Waals surface area contributed by atoms with Crippen LogP contribution in [-0.4, -0.2) is 82.9 Å². The predicted molar refractivity (Wildman–Crippen MR) is 165 cm³/mol. The average molecular weight is 592 g/mol. The van der Waals surface area contributed by atoms with Gasteiger partial charge in [-0.05, 0) is 19.8 Å². The molecule has 2 unspecified atom stereocenters. The molecule has 2 rings (SSSR count). The minimum absolute atomic E-state index is 0.0537. The van der Waals surface area contributed by atoms with Crippen molar-refractivity contribution < 1.29 is 23.9 Å². The second-order valence-corrected chi connectivity index (χ2v) is 11.7. The van der Waals surface area contributed by atoms with Gasteiger partial charge >= 0.3 is 12.1 Å². The molecule has 240 valence electrons. The molecule has 1 aromatic rings. The quantitative estimate of drug-likeness (QED) is 0.113. The van der Waals surface area contributed by atoms with E-state index in [1.165, 1.54) is 80.4 Å². The maximum atomic E-state index is 12.7. The Morgan fingerprint density at radius 3 is 2.14 bits per heavy atom. The second-order valence-electron chi connectivity index (χ2n) is 11.7. The van der Waals surface area contributed by atoms with E-state index in [4.69, 9.17) is 9.47 Å². The zero-order valence-corrected chi connectivity index (χ0v) is 26.8. The van der Waals surface area contributed by atoms with Crippen LogP contribution in [0.25, 0.3) is 0 Å². The fourth-order valence-electron chi connectivity index (χ4n) is 5.42. The lowest BCUT2D eigenvalue weighted by molar-refractivity contribution is -0.125. The first-order valence-corrected chi connectivity index (χ1v) is 16.4. The summed E-state index contributed by atoms with van der Waals surface area (Å²) in [7, 11) is 3.54. The van der Waals surface area contributed by atoms with E-state index in [2.05, 4.69) is 17.2 Å². The molecule has 10 nitrogen and oxygen atoms in total. The standard InChI is InChI=1S/C32H57N5O5/c1-5-6-7-8-9-10-11-12-13-14-15-16-17-19-28(27(2)41-4)34-31(39)42-25-18-22-36-26-30(38)37(32(36)40)23-20-29-33-21-24-35(29)3/h21,24,27-28H,5-20,22-23,25-26H2,1-4H3,(H,34,39). The molecule has 0 aliphatic carbocycles. The van der Waals surface area contributed by atoms with Gasteiger partial charge in [0.2, 0.25) is 5.91 Å². The van der Waals surface area contributed by atoms with Gasteiger partial charge in [0, 0.05) is 46.1 Å². The molecule has 4 amide bonds. The third kappa shape index (κ3) is 13.6. The number of aromatic nitrogens is 2. The van der Waals surface area contributed by atoms with Crippen molar-refractivity contribution in [1.29, 1.82) is 0 Å². The summed E-state index contributed by atoms with van der Waals surface area (Å²) in [6.45, 7) is 5.10. The molecule has 2 atom stereocenters. The highest BCUT2D eigenvalue weighted by atomic mass is 16.5. The van der Waals surface area contributed by atoms with Crippen LogP contribution in [0.15, 0.2) is 12.4 Å². The third-order valence-corrected chi connectivity index (χ3v) is 8.27. The summed E-state index contributed by atoms with van der Waals surface area (Å²) in [5.74, 6) is 0.612. The molecule has 1 aliphatic heterocycles. The third-order valence-electron chi connectivity index (χ3n) is 8.27. The van der Waals surface area contributed by atoms with E-state index in [0.29, 0.717) is 25.9 Å². The van der Waals surface area contributed by atoms with Crippen molar-refractivity contribution in [2.24, 2.45) is 7.05 Å². The number of imidazole rings is 1. The van der Waals surface area contributed by atoms with Gasteiger partial charge in [-0.1, -0.05) is 90.4 Å². The molecular formula is C32H57N5O5. The number of imide groups is 1. The Morgan fingerprint density at radius 1 is 0.952 bits per heavy atom. The van der Waals surface area contributed by atoms with Gasteiger partial charge in [0.05, 0.1) is 18.8 Å². The van der Waals surface area contributed by atoms with Crippen LogP contribution in [0.2, 0.25) is 0 Å². The summed E-state index contributed by atoms with van der Waals surface area (Å²) >= 11 is 0. The predicted octanol–water partition coefficient (Wildman–Crippen LogP) is 6.23. The van der Waals surface area contributed by atoms with Crippen LogP contribution in [0.3, 0.4) is 0 Å². The van der Waals surface area contributed by atoms with Gasteiger partial charge in [-0.15, -0.1) is 0 Å². The SMILES string of the molecule is CCCCCCCCCCCCCCCC(NC(=O)OCCCN1CC(=O)N(CCc2nccn2C)C1=O)C(C)OC. The van der Waals surface area contributed by atoms with Gasteiger partial charge < -0.3 is 24.3 Å². The summed E-state index contributed by atoms with van der Waals surface area (Å²) in [6.07, 6.45) is 21.7. The highest BCUT2D eigenvalue weighted by Gasteiger charge is 2.35. The van der Waals surface area contributed by atoms with Crippen LogP contribution in [0.5, 0.6) is 0 Å². The van der Waals surface area contributed by atoms with Crippen LogP contribution >= 0.6 is 0 Å². The summed E-state index contributed by atoms with van der Waals surface area (Å²) in [6, 6.07) is -0.411. The van der Waals surface area contributed by atoms with Crippen molar-refractivity contribution in [3.63, 3.8) is 0 Å². The van der Waals surface area contributed by atoms with Gasteiger partial charge in [-0.2, -0.15) is 0 Å². The number of hydrogen-bond acceptors (Lipinski definition) is 6. The molecule has 0 aromatic carbocycles. The van der Waals surface area contributed by atoms with Crippen LogP contribution < -0.4 is 5.32 Å². The monoisotopic (exact) mass is 591 g/mol. The maximum absolute atomic E-state index is 12.7. The smallest absolute Gasteiger partial charge is 0.407 e. The lowest BCUT2D eigenvalue weighted by atomic mass is 10.0. The number of ether oxygens (including phenoxy) is 2. The Morgan fingerprint density at radius 2 is 1.57 bits per heavy atom. The van der Waals surface area contributed by atoms with E-state index in [0.717, 1.165) is 25.1 Å². The van der Waals surface area contributed by atoms with Crippen LogP contribution in [0, 0.1) is 0 Å². The molecule has 0 spiro atoms. The number of methoxy groups -OCH3 is 1. The first-order chi connectivity index (χ1) is 20.4. The molecule has 2 heterocycles. The van der Waals surface area contributed by atoms with E-state index in [1.807, 2.05) is 24.7 Å². The van der Waals surface area contributed by atoms with E-state index in [-0.39, 0.29) is 37.2 Å². The topological polar surface area (TPSA) is 106 Å². The van der Waals surface area contributed by atoms with E-state index < -0.39 is 6.09 Å². The van der Waals surface area contributed by atoms with Crippen molar-refractivity contribution >= 4 is 18.0 Å². The molecule has 10 heteroatoms. The number of nitrogens with one attached hydrogen (secondary N) is 1. The number of carbonyl (C=O) groups excluding carboxylic acids is 3. The maximum Gasteiger partial charge on any atom is 0.407 e. The first-order valence-electron chi connectivity index (χ1n) is 16.4. The Balaban J connectivity index is 1.55. The molecule has 0 bridgehead atoms. The zero-order chi connectivity index (χ0) is 30.6. The Bertz CT molecular complexity index is 908. The van der Waals surface area contributed by atoms with Gasteiger partial charge in [0.25, 0.3) is 0 Å². The van der Waals surface area contributed by atoms with Crippen LogP contribution in [0.1, 0.15) is 116 Å². The molecular weight excluding hydrogens is 534 g/mol. The number of carbonyl (C=O) groups is 3. The molecule has 1 aliphatic rings. The minimum Gasteiger partial charge on any atom is -0.449 e. The van der Waals surface area contributed by atoms with E-state index >= 15 is 0 Å². The van der Waals surface area contributed by atoms with Crippen molar-refractivity contribution in [2.75, 3.05) is 33.4 Å². The minimum atomic E-state index is -0.473. The van der Waals surface area contributed by atoms with Gasteiger partial charge in [0.15, 0.2) is 0 Å². The molecule has 0 saturated carbocycles. The number of rotatable bonds is 24. The highest BCUT2D eigenvalue weighted by Crippen LogP contribution is 2.15. The number of urea groups is 1. The van der Waals surface area contributed by atoms with E-state index in [1.54, 1.807) is 13.3 Å². The number of alkyl carbamates (subject to hydrolysis) is 1. The van der Waals surface area contributed by atoms with E-state index in [9.17, 15) is 14.4 Å². The van der Waals surface area contributed by atoms with Crippen LogP contribution in [-0.2, 0) is 27.7 Å². The lowest BCUT2D eigenvalue weighted by Crippen LogP contribution is -2.43. The van der Waals surface area contributed by atoms with Gasteiger partial charge in [-0.3, -0.25) is 9.69 Å². The zero-order valence-electron chi connectivity index (χ0n) is 26.8. The molecule has 1 fully saturated rings. The normalized spacial score (nSPS) is 15.0. The molecule has 1 N–H and O–H groups in total. The number of amides is 4. The molecule has 1 aromatic heterocycles. The summed E-state index contributed by atoms with van der Waals surface area (Å²) < 4.78 is 12.8. The largest absolute Gasteiger partial charge is 0.449 e. The fourth-order valence-corrected chi connectivity index (χ4v) is 5.42. The number of unbranched alkanes of at least 4 members (excludes halogenated alkanes) is 12. The number of hydrogen-bond donors (Lipinski definition) is 1. The van der Waals surface area contributed by atoms with Crippen molar-refractivity contribution in [2.45, 2.75) is 129 Å². The van der Waals surface area contributed by atoms with Crippen molar-refractivity contribution in [3.05, 3.63) is 18.2 Å². The van der Waals surface area contributed by atoms with Gasteiger partial charge in [-0.25, -0.2) is 14.6 Å². The summed E-state index contributed by atoms with van der Waals surface area (Å²) in [5.41, 5.74) is 0. The Kier molecular flexibility index (Phi) is 17.9. The fraction of sp³-hybridized carbons (Fsp3) is 0.812.